The molecule has 2 aromatic heterocycles. The van der Waals surface area contributed by atoms with Gasteiger partial charge in [0.05, 0.1) is 17.2 Å². The second-order valence-corrected chi connectivity index (χ2v) is 7.87. The summed E-state index contributed by atoms with van der Waals surface area (Å²) in [5.74, 6) is -0.236. The van der Waals surface area contributed by atoms with Crippen LogP contribution in [0.1, 0.15) is 31.3 Å². The zero-order valence-corrected chi connectivity index (χ0v) is 15.0. The smallest absolute Gasteiger partial charge is 0.317 e. The molecule has 0 saturated heterocycles. The maximum atomic E-state index is 12.0. The highest BCUT2D eigenvalue weighted by molar-refractivity contribution is 9.10. The fourth-order valence-electron chi connectivity index (χ4n) is 1.66. The molecule has 0 spiro atoms. The van der Waals surface area contributed by atoms with Gasteiger partial charge < -0.3 is 4.74 Å². The van der Waals surface area contributed by atoms with Crippen molar-refractivity contribution in [1.82, 2.24) is 4.98 Å². The van der Waals surface area contributed by atoms with Gasteiger partial charge in [-0.3, -0.25) is 4.79 Å². The van der Waals surface area contributed by atoms with Crippen molar-refractivity contribution < 1.29 is 9.53 Å². The van der Waals surface area contributed by atoms with Gasteiger partial charge in [-0.15, -0.1) is 22.7 Å². The third-order valence-electron chi connectivity index (χ3n) is 3.00. The first-order valence-electron chi connectivity index (χ1n) is 6.25. The summed E-state index contributed by atoms with van der Waals surface area (Å²) < 4.78 is 6.22. The predicted molar refractivity (Wildman–Crippen MR) is 87.5 cm³/mol. The van der Waals surface area contributed by atoms with Crippen LogP contribution in [0.5, 0.6) is 0 Å². The Morgan fingerprint density at radius 1 is 1.50 bits per heavy atom. The topological polar surface area (TPSA) is 39.2 Å². The largest absolute Gasteiger partial charge is 0.465 e. The van der Waals surface area contributed by atoms with Crippen LogP contribution in [0.15, 0.2) is 15.9 Å². The molecule has 2 rings (SSSR count). The van der Waals surface area contributed by atoms with Crippen LogP contribution in [-0.4, -0.2) is 17.6 Å². The van der Waals surface area contributed by atoms with Crippen molar-refractivity contribution in [2.24, 2.45) is 0 Å². The lowest BCUT2D eigenvalue weighted by Gasteiger charge is -2.19. The summed E-state index contributed by atoms with van der Waals surface area (Å²) in [5.41, 5.74) is 0.0482. The first-order chi connectivity index (χ1) is 9.36. The predicted octanol–water partition coefficient (Wildman–Crippen LogP) is 4.78. The van der Waals surface area contributed by atoms with Crippen molar-refractivity contribution >= 4 is 44.6 Å². The van der Waals surface area contributed by atoms with E-state index in [1.165, 1.54) is 4.88 Å². The molecular weight excluding hydrogens is 358 g/mol. The number of halogens is 1. The lowest BCUT2D eigenvalue weighted by molar-refractivity contribution is -0.148. The second kappa shape index (κ2) is 5.95. The Labute approximate surface area is 135 Å². The number of hydrogen-bond acceptors (Lipinski definition) is 5. The van der Waals surface area contributed by atoms with E-state index >= 15 is 0 Å². The molecule has 108 valence electrons. The van der Waals surface area contributed by atoms with E-state index in [4.69, 9.17) is 4.74 Å². The molecule has 0 radical (unpaired) electrons. The number of aryl methyl sites for hydroxylation is 1. The van der Waals surface area contributed by atoms with Crippen molar-refractivity contribution in [2.75, 3.05) is 6.61 Å². The van der Waals surface area contributed by atoms with Gasteiger partial charge in [0.2, 0.25) is 0 Å². The average molecular weight is 374 g/mol. The zero-order valence-electron chi connectivity index (χ0n) is 11.8. The number of carbonyl (C=O) groups excluding carboxylic acids is 1. The molecule has 0 unspecified atom stereocenters. The van der Waals surface area contributed by atoms with Crippen LogP contribution in [-0.2, 0) is 14.9 Å². The number of rotatable bonds is 4. The fraction of sp³-hybridized carbons (Fsp3) is 0.429. The van der Waals surface area contributed by atoms with Gasteiger partial charge in [-0.25, -0.2) is 4.98 Å². The van der Waals surface area contributed by atoms with E-state index in [0.29, 0.717) is 6.61 Å². The molecule has 2 aromatic rings. The Kier molecular flexibility index (Phi) is 4.66. The molecular formula is C14H16BrNO2S2. The minimum absolute atomic E-state index is 0.236. The highest BCUT2D eigenvalue weighted by Crippen LogP contribution is 2.37. The van der Waals surface area contributed by atoms with Gasteiger partial charge in [0.1, 0.15) is 10.4 Å². The molecule has 0 bridgehead atoms. The normalized spacial score (nSPS) is 11.7. The Morgan fingerprint density at radius 3 is 2.75 bits per heavy atom. The Hall–Kier alpha value is -0.720. The summed E-state index contributed by atoms with van der Waals surface area (Å²) in [5, 5.41) is 2.88. The van der Waals surface area contributed by atoms with Crippen molar-refractivity contribution in [3.8, 4) is 9.88 Å². The molecule has 2 heterocycles. The van der Waals surface area contributed by atoms with Gasteiger partial charge >= 0.3 is 5.97 Å². The zero-order chi connectivity index (χ0) is 14.9. The highest BCUT2D eigenvalue weighted by atomic mass is 79.9. The highest BCUT2D eigenvalue weighted by Gasteiger charge is 2.34. The summed E-state index contributed by atoms with van der Waals surface area (Å²) in [6.07, 6.45) is 0. The summed E-state index contributed by atoms with van der Waals surface area (Å²) in [7, 11) is 0. The van der Waals surface area contributed by atoms with Crippen LogP contribution in [0, 0.1) is 6.92 Å². The Balaban J connectivity index is 2.31. The number of ether oxygens (including phenoxy) is 1. The van der Waals surface area contributed by atoms with Crippen LogP contribution in [0.25, 0.3) is 9.88 Å². The summed E-state index contributed by atoms with van der Waals surface area (Å²) in [6.45, 7) is 7.96. The molecule has 3 nitrogen and oxygen atoms in total. The van der Waals surface area contributed by atoms with Crippen LogP contribution < -0.4 is 0 Å². The monoisotopic (exact) mass is 373 g/mol. The van der Waals surface area contributed by atoms with E-state index in [0.717, 1.165) is 20.1 Å². The van der Waals surface area contributed by atoms with E-state index in [1.54, 1.807) is 22.7 Å². The number of aromatic nitrogens is 1. The number of carbonyl (C=O) groups is 1. The molecule has 0 N–H and O–H groups in total. The quantitative estimate of drug-likeness (QED) is 0.723. The number of nitrogens with zero attached hydrogens (tertiary/aromatic N) is 1. The van der Waals surface area contributed by atoms with Crippen LogP contribution in [0.3, 0.4) is 0 Å². The lowest BCUT2D eigenvalue weighted by atomic mass is 9.90. The molecule has 0 atom stereocenters. The molecule has 0 aliphatic rings. The number of esters is 1. The molecule has 0 saturated carbocycles. The molecule has 0 amide bonds. The molecule has 0 aliphatic carbocycles. The van der Waals surface area contributed by atoms with E-state index in [-0.39, 0.29) is 5.97 Å². The molecule has 20 heavy (non-hydrogen) atoms. The standard InChI is InChI=1S/C14H16BrNO2S2/c1-5-18-13(17)14(3,4)11-7-19-12(16-11)10-6-9(15)8(2)20-10/h6-7H,5H2,1-4H3. The first kappa shape index (κ1) is 15.7. The summed E-state index contributed by atoms with van der Waals surface area (Å²) in [4.78, 5) is 19.0. The van der Waals surface area contributed by atoms with E-state index < -0.39 is 5.41 Å². The van der Waals surface area contributed by atoms with E-state index in [9.17, 15) is 4.79 Å². The fourth-order valence-corrected chi connectivity index (χ4v) is 4.24. The van der Waals surface area contributed by atoms with Crippen molar-refractivity contribution in [2.45, 2.75) is 33.1 Å². The SMILES string of the molecule is CCOC(=O)C(C)(C)c1csc(-c2cc(Br)c(C)s2)n1. The van der Waals surface area contributed by atoms with Gasteiger partial charge in [0, 0.05) is 14.7 Å². The van der Waals surface area contributed by atoms with Gasteiger partial charge in [-0.2, -0.15) is 0 Å². The van der Waals surface area contributed by atoms with Gasteiger partial charge in [0.15, 0.2) is 0 Å². The van der Waals surface area contributed by atoms with Crippen molar-refractivity contribution in [3.63, 3.8) is 0 Å². The summed E-state index contributed by atoms with van der Waals surface area (Å²) >= 11 is 6.77. The van der Waals surface area contributed by atoms with Gasteiger partial charge in [0.25, 0.3) is 0 Å². The third kappa shape index (κ3) is 2.97. The minimum Gasteiger partial charge on any atom is -0.465 e. The number of hydrogen-bond donors (Lipinski definition) is 0. The molecule has 0 aromatic carbocycles. The van der Waals surface area contributed by atoms with Gasteiger partial charge in [-0.05, 0) is 49.7 Å². The van der Waals surface area contributed by atoms with Crippen molar-refractivity contribution in [3.05, 3.63) is 26.5 Å². The number of thiazole rings is 1. The van der Waals surface area contributed by atoms with Crippen molar-refractivity contribution in [1.29, 1.82) is 0 Å². The van der Waals surface area contributed by atoms with E-state index in [1.807, 2.05) is 26.2 Å². The molecule has 0 fully saturated rings. The van der Waals surface area contributed by atoms with Crippen LogP contribution in [0.4, 0.5) is 0 Å². The van der Waals surface area contributed by atoms with Gasteiger partial charge in [-0.1, -0.05) is 0 Å². The first-order valence-corrected chi connectivity index (χ1v) is 8.74. The maximum absolute atomic E-state index is 12.0. The average Bonchev–Trinajstić information content (AvgIpc) is 2.98. The van der Waals surface area contributed by atoms with E-state index in [2.05, 4.69) is 33.9 Å². The number of thiophene rings is 1. The summed E-state index contributed by atoms with van der Waals surface area (Å²) in [6, 6.07) is 2.07. The lowest BCUT2D eigenvalue weighted by Crippen LogP contribution is -2.31. The molecule has 0 aliphatic heterocycles. The maximum Gasteiger partial charge on any atom is 0.317 e. The Morgan fingerprint density at radius 2 is 2.20 bits per heavy atom. The van der Waals surface area contributed by atoms with Crippen LogP contribution >= 0.6 is 38.6 Å². The third-order valence-corrected chi connectivity index (χ3v) is 6.15. The molecule has 6 heteroatoms. The second-order valence-electron chi connectivity index (χ2n) is 4.90. The minimum atomic E-state index is -0.714. The van der Waals surface area contributed by atoms with Crippen LogP contribution in [0.2, 0.25) is 0 Å². The Bertz CT molecular complexity index is 611.